The predicted molar refractivity (Wildman–Crippen MR) is 79.6 cm³/mol. The van der Waals surface area contributed by atoms with E-state index in [4.69, 9.17) is 5.11 Å². The third kappa shape index (κ3) is 7.30. The van der Waals surface area contributed by atoms with Crippen LogP contribution in [0.5, 0.6) is 0 Å². The lowest BCUT2D eigenvalue weighted by Crippen LogP contribution is -2.45. The molecule has 0 bridgehead atoms. The first-order valence-corrected chi connectivity index (χ1v) is 7.91. The number of rotatable bonds is 8. The number of urea groups is 1. The van der Waals surface area contributed by atoms with Crippen molar-refractivity contribution in [3.8, 4) is 0 Å². The van der Waals surface area contributed by atoms with E-state index in [-0.39, 0.29) is 18.6 Å². The molecule has 0 fully saturated rings. The molecule has 0 saturated carbocycles. The Balaban J connectivity index is 4.28. The molecular formula is C13H26N2O3S. The fourth-order valence-electron chi connectivity index (χ4n) is 1.73. The summed E-state index contributed by atoms with van der Waals surface area (Å²) in [6.07, 6.45) is 2.56. The monoisotopic (exact) mass is 290 g/mol. The Hall–Kier alpha value is -0.910. The Kier molecular flexibility index (Phi) is 8.63. The zero-order valence-corrected chi connectivity index (χ0v) is 13.3. The Morgan fingerprint density at radius 2 is 1.89 bits per heavy atom. The van der Waals surface area contributed by atoms with E-state index in [0.29, 0.717) is 12.3 Å². The SMILES string of the molecule is CSCC(C)N(C)C(=O)NCC(CC(C)C)C(=O)O. The molecule has 112 valence electrons. The van der Waals surface area contributed by atoms with Crippen LogP contribution >= 0.6 is 11.8 Å². The lowest BCUT2D eigenvalue weighted by atomic mass is 9.97. The molecule has 0 aromatic carbocycles. The number of hydrogen-bond donors (Lipinski definition) is 2. The molecule has 0 aromatic heterocycles. The maximum atomic E-state index is 11.9. The van der Waals surface area contributed by atoms with E-state index in [1.807, 2.05) is 27.0 Å². The third-order valence-electron chi connectivity index (χ3n) is 2.99. The summed E-state index contributed by atoms with van der Waals surface area (Å²) in [5, 5.41) is 11.8. The van der Waals surface area contributed by atoms with Crippen LogP contribution in [0.1, 0.15) is 27.2 Å². The number of aliphatic carboxylic acids is 1. The van der Waals surface area contributed by atoms with Gasteiger partial charge in [0.25, 0.3) is 0 Å². The number of nitrogens with zero attached hydrogens (tertiary/aromatic N) is 1. The molecule has 0 heterocycles. The van der Waals surface area contributed by atoms with Crippen molar-refractivity contribution in [2.45, 2.75) is 33.2 Å². The minimum Gasteiger partial charge on any atom is -0.481 e. The summed E-state index contributed by atoms with van der Waals surface area (Å²) in [5.41, 5.74) is 0. The van der Waals surface area contributed by atoms with E-state index in [0.717, 1.165) is 5.75 Å². The van der Waals surface area contributed by atoms with Gasteiger partial charge in [0.2, 0.25) is 0 Å². The number of carbonyl (C=O) groups is 2. The van der Waals surface area contributed by atoms with E-state index in [9.17, 15) is 9.59 Å². The number of carbonyl (C=O) groups excluding carboxylic acids is 1. The molecule has 0 aromatic rings. The molecule has 0 rings (SSSR count). The largest absolute Gasteiger partial charge is 0.481 e. The van der Waals surface area contributed by atoms with Crippen LogP contribution in [-0.2, 0) is 4.79 Å². The van der Waals surface area contributed by atoms with Crippen molar-refractivity contribution in [3.63, 3.8) is 0 Å². The van der Waals surface area contributed by atoms with Gasteiger partial charge in [0, 0.05) is 25.4 Å². The van der Waals surface area contributed by atoms with Crippen molar-refractivity contribution < 1.29 is 14.7 Å². The van der Waals surface area contributed by atoms with E-state index < -0.39 is 11.9 Å². The van der Waals surface area contributed by atoms with Crippen LogP contribution in [0.4, 0.5) is 4.79 Å². The van der Waals surface area contributed by atoms with Crippen molar-refractivity contribution >= 4 is 23.8 Å². The van der Waals surface area contributed by atoms with Gasteiger partial charge in [0.05, 0.1) is 5.92 Å². The summed E-state index contributed by atoms with van der Waals surface area (Å²) in [6, 6.07) is -0.0834. The molecule has 2 N–H and O–H groups in total. The highest BCUT2D eigenvalue weighted by Crippen LogP contribution is 2.11. The highest BCUT2D eigenvalue weighted by Gasteiger charge is 2.21. The molecule has 5 nitrogen and oxygen atoms in total. The first-order chi connectivity index (χ1) is 8.79. The lowest BCUT2D eigenvalue weighted by Gasteiger charge is -2.25. The zero-order chi connectivity index (χ0) is 15.0. The van der Waals surface area contributed by atoms with Crippen LogP contribution in [-0.4, -0.2) is 53.6 Å². The number of nitrogens with one attached hydrogen (secondary N) is 1. The first-order valence-electron chi connectivity index (χ1n) is 6.52. The summed E-state index contributed by atoms with van der Waals surface area (Å²) >= 11 is 1.68. The van der Waals surface area contributed by atoms with Crippen LogP contribution in [0.3, 0.4) is 0 Å². The quantitative estimate of drug-likeness (QED) is 0.718. The van der Waals surface area contributed by atoms with E-state index in [1.54, 1.807) is 23.7 Å². The summed E-state index contributed by atoms with van der Waals surface area (Å²) in [6.45, 7) is 6.11. The Morgan fingerprint density at radius 1 is 1.32 bits per heavy atom. The minimum atomic E-state index is -0.853. The second-order valence-corrected chi connectivity index (χ2v) is 6.18. The van der Waals surface area contributed by atoms with E-state index in [2.05, 4.69) is 5.32 Å². The fraction of sp³-hybridized carbons (Fsp3) is 0.846. The highest BCUT2D eigenvalue weighted by molar-refractivity contribution is 7.98. The Labute approximate surface area is 120 Å². The number of carboxylic acids is 1. The highest BCUT2D eigenvalue weighted by atomic mass is 32.2. The van der Waals surface area contributed by atoms with Gasteiger partial charge < -0.3 is 15.3 Å². The van der Waals surface area contributed by atoms with Gasteiger partial charge >= 0.3 is 12.0 Å². The van der Waals surface area contributed by atoms with Crippen molar-refractivity contribution in [1.82, 2.24) is 10.2 Å². The van der Waals surface area contributed by atoms with Gasteiger partial charge in [0.15, 0.2) is 0 Å². The number of hydrogen-bond acceptors (Lipinski definition) is 3. The topological polar surface area (TPSA) is 69.6 Å². The average molecular weight is 290 g/mol. The van der Waals surface area contributed by atoms with Gasteiger partial charge in [-0.05, 0) is 25.5 Å². The summed E-state index contributed by atoms with van der Waals surface area (Å²) in [4.78, 5) is 24.6. The molecule has 6 heteroatoms. The summed E-state index contributed by atoms with van der Waals surface area (Å²) in [7, 11) is 1.73. The smallest absolute Gasteiger partial charge is 0.317 e. The average Bonchev–Trinajstić information content (AvgIpc) is 2.32. The second-order valence-electron chi connectivity index (χ2n) is 5.27. The molecule has 0 radical (unpaired) electrons. The molecule has 19 heavy (non-hydrogen) atoms. The van der Waals surface area contributed by atoms with Crippen LogP contribution in [0.2, 0.25) is 0 Å². The third-order valence-corrected chi connectivity index (χ3v) is 3.81. The van der Waals surface area contributed by atoms with Gasteiger partial charge in [-0.3, -0.25) is 4.79 Å². The van der Waals surface area contributed by atoms with Crippen molar-refractivity contribution in [3.05, 3.63) is 0 Å². The summed E-state index contributed by atoms with van der Waals surface area (Å²) in [5.74, 6) is -0.216. The fourth-order valence-corrected chi connectivity index (χ4v) is 2.43. The molecule has 0 aliphatic carbocycles. The van der Waals surface area contributed by atoms with Crippen molar-refractivity contribution in [1.29, 1.82) is 0 Å². The minimum absolute atomic E-state index is 0.128. The second kappa shape index (κ2) is 9.07. The van der Waals surface area contributed by atoms with Gasteiger partial charge in [-0.1, -0.05) is 13.8 Å². The molecule has 2 amide bonds. The van der Waals surface area contributed by atoms with Gasteiger partial charge in [0.1, 0.15) is 0 Å². The van der Waals surface area contributed by atoms with Crippen molar-refractivity contribution in [2.24, 2.45) is 11.8 Å². The van der Waals surface area contributed by atoms with Crippen LogP contribution in [0, 0.1) is 11.8 Å². The summed E-state index contributed by atoms with van der Waals surface area (Å²) < 4.78 is 0. The standard InChI is InChI=1S/C13H26N2O3S/c1-9(2)6-11(12(16)17)7-14-13(18)15(4)10(3)8-19-5/h9-11H,6-8H2,1-5H3,(H,14,18)(H,16,17). The molecule has 0 spiro atoms. The molecule has 0 saturated heterocycles. The first kappa shape index (κ1) is 18.1. The molecule has 2 atom stereocenters. The van der Waals surface area contributed by atoms with Crippen LogP contribution < -0.4 is 5.32 Å². The molecule has 0 aliphatic rings. The maximum absolute atomic E-state index is 11.9. The molecule has 0 aliphatic heterocycles. The predicted octanol–water partition coefficient (Wildman–Crippen LogP) is 2.13. The van der Waals surface area contributed by atoms with Gasteiger partial charge in [-0.25, -0.2) is 4.79 Å². The molecular weight excluding hydrogens is 264 g/mol. The van der Waals surface area contributed by atoms with Crippen LogP contribution in [0.15, 0.2) is 0 Å². The van der Waals surface area contributed by atoms with Crippen LogP contribution in [0.25, 0.3) is 0 Å². The number of thioether (sulfide) groups is 1. The zero-order valence-electron chi connectivity index (χ0n) is 12.5. The van der Waals surface area contributed by atoms with Crippen molar-refractivity contribution in [2.75, 3.05) is 25.6 Å². The Morgan fingerprint density at radius 3 is 2.32 bits per heavy atom. The normalized spacial score (nSPS) is 14.0. The maximum Gasteiger partial charge on any atom is 0.317 e. The van der Waals surface area contributed by atoms with Gasteiger partial charge in [-0.2, -0.15) is 11.8 Å². The Bertz CT molecular complexity index is 298. The number of amides is 2. The molecule has 2 unspecified atom stereocenters. The van der Waals surface area contributed by atoms with E-state index >= 15 is 0 Å². The lowest BCUT2D eigenvalue weighted by molar-refractivity contribution is -0.142. The van der Waals surface area contributed by atoms with Gasteiger partial charge in [-0.15, -0.1) is 0 Å². The number of carboxylic acid groups (broad SMARTS) is 1. The van der Waals surface area contributed by atoms with E-state index in [1.165, 1.54) is 0 Å².